The molecule has 21 heavy (non-hydrogen) atoms. The lowest BCUT2D eigenvalue weighted by Gasteiger charge is -2.10. The van der Waals surface area contributed by atoms with Crippen LogP contribution in [-0.2, 0) is 16.6 Å². The van der Waals surface area contributed by atoms with Crippen LogP contribution in [0.25, 0.3) is 0 Å². The predicted octanol–water partition coefficient (Wildman–Crippen LogP) is 1.64. The topological polar surface area (TPSA) is 94.2 Å². The highest BCUT2D eigenvalue weighted by Gasteiger charge is 2.14. The normalized spacial score (nSPS) is 11.3. The number of nitrogen functional groups attached to an aromatic ring is 1. The average molecular weight is 307 g/mol. The van der Waals surface area contributed by atoms with Crippen molar-refractivity contribution in [3.63, 3.8) is 0 Å². The van der Waals surface area contributed by atoms with E-state index >= 15 is 0 Å². The molecule has 1 heterocycles. The molecule has 1 aromatic heterocycles. The van der Waals surface area contributed by atoms with Crippen LogP contribution in [0.3, 0.4) is 0 Å². The second kappa shape index (κ2) is 6.01. The second-order valence-corrected chi connectivity index (χ2v) is 6.31. The van der Waals surface area contributed by atoms with Gasteiger partial charge in [0.1, 0.15) is 0 Å². The first-order chi connectivity index (χ1) is 9.92. The molecule has 0 bridgehead atoms. The smallest absolute Gasteiger partial charge is 0.261 e. The fraction of sp³-hybridized carbons (Fsp3) is 0.214. The molecule has 2 rings (SSSR count). The van der Waals surface area contributed by atoms with Gasteiger partial charge in [0.2, 0.25) is 0 Å². The molecule has 0 aliphatic heterocycles. The molecular weight excluding hydrogens is 290 g/mol. The number of benzene rings is 1. The Hall–Kier alpha value is -2.28. The first-order valence-corrected chi connectivity index (χ1v) is 7.99. The van der Waals surface area contributed by atoms with Crippen molar-refractivity contribution in [1.29, 1.82) is 0 Å². The third kappa shape index (κ3) is 3.63. The number of pyridine rings is 1. The van der Waals surface area contributed by atoms with Gasteiger partial charge >= 0.3 is 0 Å². The summed E-state index contributed by atoms with van der Waals surface area (Å²) in [6.45, 7) is 2.48. The molecular formula is C14H17N3O3S. The summed E-state index contributed by atoms with van der Waals surface area (Å²) in [6, 6.07) is 8.69. The summed E-state index contributed by atoms with van der Waals surface area (Å²) >= 11 is 0. The van der Waals surface area contributed by atoms with Gasteiger partial charge in [0.25, 0.3) is 15.6 Å². The van der Waals surface area contributed by atoms with Crippen molar-refractivity contribution in [1.82, 2.24) is 4.57 Å². The molecule has 0 unspecified atom stereocenters. The highest BCUT2D eigenvalue weighted by atomic mass is 32.2. The zero-order chi connectivity index (χ0) is 15.5. The summed E-state index contributed by atoms with van der Waals surface area (Å²) in [5.41, 5.74) is 6.22. The van der Waals surface area contributed by atoms with Crippen molar-refractivity contribution < 1.29 is 8.42 Å². The van der Waals surface area contributed by atoms with E-state index in [4.69, 9.17) is 5.73 Å². The van der Waals surface area contributed by atoms with Crippen LogP contribution in [0.5, 0.6) is 0 Å². The summed E-state index contributed by atoms with van der Waals surface area (Å²) in [4.78, 5) is 11.7. The highest BCUT2D eigenvalue weighted by molar-refractivity contribution is 7.92. The van der Waals surface area contributed by atoms with E-state index in [1.54, 1.807) is 0 Å². The predicted molar refractivity (Wildman–Crippen MR) is 82.7 cm³/mol. The Bertz CT molecular complexity index is 780. The van der Waals surface area contributed by atoms with Crippen molar-refractivity contribution in [2.45, 2.75) is 24.8 Å². The number of sulfonamides is 1. The Morgan fingerprint density at radius 3 is 2.43 bits per heavy atom. The lowest BCUT2D eigenvalue weighted by atomic mass is 10.3. The molecule has 0 aliphatic carbocycles. The van der Waals surface area contributed by atoms with Crippen LogP contribution in [0.4, 0.5) is 11.4 Å². The van der Waals surface area contributed by atoms with Crippen molar-refractivity contribution in [3.05, 3.63) is 52.9 Å². The van der Waals surface area contributed by atoms with Gasteiger partial charge in [-0.25, -0.2) is 8.42 Å². The van der Waals surface area contributed by atoms with Crippen LogP contribution < -0.4 is 16.0 Å². The third-order valence-corrected chi connectivity index (χ3v) is 4.29. The number of nitrogens with zero attached hydrogens (tertiary/aromatic N) is 1. The Labute approximate surface area is 123 Å². The lowest BCUT2D eigenvalue weighted by molar-refractivity contribution is 0.601. The summed E-state index contributed by atoms with van der Waals surface area (Å²) < 4.78 is 28.4. The van der Waals surface area contributed by atoms with Crippen LogP contribution in [0, 0.1) is 0 Å². The summed E-state index contributed by atoms with van der Waals surface area (Å²) in [7, 11) is -3.70. The molecule has 0 atom stereocenters. The molecule has 1 aromatic carbocycles. The van der Waals surface area contributed by atoms with E-state index in [0.717, 1.165) is 6.42 Å². The summed E-state index contributed by atoms with van der Waals surface area (Å²) in [6.07, 6.45) is 2.29. The number of rotatable bonds is 5. The van der Waals surface area contributed by atoms with Gasteiger partial charge in [-0.3, -0.25) is 9.52 Å². The van der Waals surface area contributed by atoms with Gasteiger partial charge in [-0.1, -0.05) is 6.92 Å². The molecule has 3 N–H and O–H groups in total. The minimum Gasteiger partial charge on any atom is -0.399 e. The molecule has 0 aliphatic rings. The van der Waals surface area contributed by atoms with Crippen molar-refractivity contribution >= 4 is 21.4 Å². The molecule has 0 spiro atoms. The molecule has 2 aromatic rings. The van der Waals surface area contributed by atoms with E-state index in [-0.39, 0.29) is 10.5 Å². The highest BCUT2D eigenvalue weighted by Crippen LogP contribution is 2.16. The summed E-state index contributed by atoms with van der Waals surface area (Å²) in [5, 5.41) is 0. The van der Waals surface area contributed by atoms with Gasteiger partial charge in [0.15, 0.2) is 0 Å². The number of hydrogen-bond acceptors (Lipinski definition) is 4. The first kappa shape index (κ1) is 15.1. The Morgan fingerprint density at radius 2 is 1.81 bits per heavy atom. The lowest BCUT2D eigenvalue weighted by Crippen LogP contribution is -2.20. The third-order valence-electron chi connectivity index (χ3n) is 2.89. The Morgan fingerprint density at radius 1 is 1.14 bits per heavy atom. The number of aromatic nitrogens is 1. The monoisotopic (exact) mass is 307 g/mol. The number of nitrogens with two attached hydrogens (primary N) is 1. The average Bonchev–Trinajstić information content (AvgIpc) is 2.43. The second-order valence-electron chi connectivity index (χ2n) is 4.62. The van der Waals surface area contributed by atoms with Crippen LogP contribution in [-0.4, -0.2) is 13.0 Å². The maximum Gasteiger partial charge on any atom is 0.261 e. The molecule has 7 heteroatoms. The Kier molecular flexibility index (Phi) is 4.32. The van der Waals surface area contributed by atoms with Gasteiger partial charge in [-0.15, -0.1) is 0 Å². The number of hydrogen-bond donors (Lipinski definition) is 2. The van der Waals surface area contributed by atoms with Crippen molar-refractivity contribution in [3.8, 4) is 0 Å². The van der Waals surface area contributed by atoms with Crippen molar-refractivity contribution in [2.75, 3.05) is 10.5 Å². The zero-order valence-corrected chi connectivity index (χ0v) is 12.4. The molecule has 112 valence electrons. The van der Waals surface area contributed by atoms with Gasteiger partial charge in [0, 0.05) is 24.5 Å². The van der Waals surface area contributed by atoms with E-state index in [1.807, 2.05) is 6.92 Å². The molecule has 6 nitrogen and oxygen atoms in total. The molecule has 0 saturated carbocycles. The minimum atomic E-state index is -3.70. The van der Waals surface area contributed by atoms with Gasteiger partial charge in [-0.2, -0.15) is 0 Å². The van der Waals surface area contributed by atoms with Crippen LogP contribution in [0.1, 0.15) is 13.3 Å². The first-order valence-electron chi connectivity index (χ1n) is 6.51. The van der Waals surface area contributed by atoms with E-state index < -0.39 is 10.0 Å². The SMILES string of the molecule is CCCn1cc(NS(=O)(=O)c2ccc(N)cc2)ccc1=O. The largest absolute Gasteiger partial charge is 0.399 e. The minimum absolute atomic E-state index is 0.116. The number of anilines is 2. The number of aryl methyl sites for hydroxylation is 1. The van der Waals surface area contributed by atoms with Gasteiger partial charge < -0.3 is 10.3 Å². The molecule has 0 fully saturated rings. The summed E-state index contributed by atoms with van der Waals surface area (Å²) in [5.74, 6) is 0. The molecule has 0 amide bonds. The van der Waals surface area contributed by atoms with E-state index in [9.17, 15) is 13.2 Å². The van der Waals surface area contributed by atoms with Gasteiger partial charge in [0.05, 0.1) is 10.6 Å². The maximum atomic E-state index is 12.2. The fourth-order valence-corrected chi connectivity index (χ4v) is 2.91. The number of nitrogens with one attached hydrogen (secondary N) is 1. The fourth-order valence-electron chi connectivity index (χ4n) is 1.87. The Balaban J connectivity index is 2.30. The molecule has 0 saturated heterocycles. The van der Waals surface area contributed by atoms with Crippen LogP contribution in [0.2, 0.25) is 0 Å². The van der Waals surface area contributed by atoms with E-state index in [0.29, 0.717) is 17.9 Å². The van der Waals surface area contributed by atoms with Crippen LogP contribution in [0.15, 0.2) is 52.3 Å². The molecule has 0 radical (unpaired) electrons. The van der Waals surface area contributed by atoms with E-state index in [1.165, 1.54) is 47.2 Å². The van der Waals surface area contributed by atoms with Gasteiger partial charge in [-0.05, 0) is 36.8 Å². The van der Waals surface area contributed by atoms with E-state index in [2.05, 4.69) is 4.72 Å². The maximum absolute atomic E-state index is 12.2. The quantitative estimate of drug-likeness (QED) is 0.821. The zero-order valence-electron chi connectivity index (χ0n) is 11.6. The standard InChI is InChI=1S/C14H17N3O3S/c1-2-9-17-10-12(5-8-14(17)18)16-21(19,20)13-6-3-11(15)4-7-13/h3-8,10,16H,2,9,15H2,1H3. The van der Waals surface area contributed by atoms with Crippen LogP contribution >= 0.6 is 0 Å². The van der Waals surface area contributed by atoms with Crippen molar-refractivity contribution in [2.24, 2.45) is 0 Å².